The highest BCUT2D eigenvalue weighted by Crippen LogP contribution is 2.27. The smallest absolute Gasteiger partial charge is 0.238 e. The molecule has 0 heterocycles. The largest absolute Gasteiger partial charge is 0.491 e. The van der Waals surface area contributed by atoms with E-state index in [0.717, 1.165) is 11.3 Å². The number of nitrogens with one attached hydrogen (secondary N) is 1. The number of ether oxygens (including phenoxy) is 1. The van der Waals surface area contributed by atoms with E-state index >= 15 is 0 Å². The molecular formula is C16H26N2O2. The normalized spacial score (nSPS) is 13.1. The van der Waals surface area contributed by atoms with Gasteiger partial charge in [-0.2, -0.15) is 0 Å². The van der Waals surface area contributed by atoms with E-state index < -0.39 is 11.9 Å². The summed E-state index contributed by atoms with van der Waals surface area (Å²) in [6.07, 6.45) is 0. The number of carbonyl (C=O) groups is 1. The van der Waals surface area contributed by atoms with Crippen LogP contribution in [0.15, 0.2) is 18.2 Å². The lowest BCUT2D eigenvalue weighted by Gasteiger charge is -2.21. The Hall–Kier alpha value is -1.55. The number of carbonyl (C=O) groups excluding carboxylic acids is 1. The maximum atomic E-state index is 11.3. The molecule has 0 aromatic heterocycles. The van der Waals surface area contributed by atoms with Gasteiger partial charge in [0, 0.05) is 0 Å². The van der Waals surface area contributed by atoms with Gasteiger partial charge in [-0.1, -0.05) is 39.8 Å². The molecule has 0 spiro atoms. The molecule has 0 bridgehead atoms. The van der Waals surface area contributed by atoms with E-state index in [1.54, 1.807) is 0 Å². The van der Waals surface area contributed by atoms with Crippen molar-refractivity contribution in [3.8, 4) is 5.75 Å². The quantitative estimate of drug-likeness (QED) is 0.838. The molecule has 1 amide bonds. The van der Waals surface area contributed by atoms with Crippen LogP contribution in [0.5, 0.6) is 5.75 Å². The first-order chi connectivity index (χ1) is 9.25. The average Bonchev–Trinajstić information content (AvgIpc) is 2.34. The van der Waals surface area contributed by atoms with Crippen molar-refractivity contribution in [2.24, 2.45) is 5.73 Å². The Balaban J connectivity index is 2.76. The molecule has 4 heteroatoms. The second-order valence-electron chi connectivity index (χ2n) is 6.05. The molecule has 4 nitrogen and oxygen atoms in total. The molecule has 1 unspecified atom stereocenters. The summed E-state index contributed by atoms with van der Waals surface area (Å²) in [5.41, 5.74) is 7.77. The Morgan fingerprint density at radius 3 is 2.50 bits per heavy atom. The van der Waals surface area contributed by atoms with Crippen LogP contribution >= 0.6 is 0 Å². The SMILES string of the molecule is CCNC(COc1ccc(C(C)(C)C)cc1C)C(N)=O. The van der Waals surface area contributed by atoms with E-state index in [-0.39, 0.29) is 12.0 Å². The molecule has 3 N–H and O–H groups in total. The predicted octanol–water partition coefficient (Wildman–Crippen LogP) is 2.13. The first-order valence-corrected chi connectivity index (χ1v) is 7.02. The van der Waals surface area contributed by atoms with Gasteiger partial charge in [0.25, 0.3) is 0 Å². The van der Waals surface area contributed by atoms with Crippen LogP contribution in [-0.4, -0.2) is 25.1 Å². The van der Waals surface area contributed by atoms with Crippen LogP contribution in [0.3, 0.4) is 0 Å². The summed E-state index contributed by atoms with van der Waals surface area (Å²) in [6.45, 7) is 11.4. The Bertz CT molecular complexity index is 464. The number of hydrogen-bond donors (Lipinski definition) is 2. The number of aryl methyl sites for hydroxylation is 1. The third kappa shape index (κ3) is 4.53. The highest BCUT2D eigenvalue weighted by atomic mass is 16.5. The van der Waals surface area contributed by atoms with Crippen molar-refractivity contribution in [3.05, 3.63) is 29.3 Å². The van der Waals surface area contributed by atoms with Gasteiger partial charge in [0.2, 0.25) is 5.91 Å². The highest BCUT2D eigenvalue weighted by Gasteiger charge is 2.17. The van der Waals surface area contributed by atoms with Crippen molar-refractivity contribution >= 4 is 5.91 Å². The van der Waals surface area contributed by atoms with E-state index in [9.17, 15) is 4.79 Å². The maximum absolute atomic E-state index is 11.3. The van der Waals surface area contributed by atoms with Gasteiger partial charge in [0.1, 0.15) is 18.4 Å². The summed E-state index contributed by atoms with van der Waals surface area (Å²) in [5, 5.41) is 3.01. The minimum Gasteiger partial charge on any atom is -0.491 e. The molecule has 0 saturated carbocycles. The molecule has 112 valence electrons. The van der Waals surface area contributed by atoms with Crippen LogP contribution in [0.4, 0.5) is 0 Å². The van der Waals surface area contributed by atoms with E-state index in [1.165, 1.54) is 5.56 Å². The fourth-order valence-electron chi connectivity index (χ4n) is 1.94. The number of hydrogen-bond acceptors (Lipinski definition) is 3. The van der Waals surface area contributed by atoms with Crippen LogP contribution in [0.25, 0.3) is 0 Å². The van der Waals surface area contributed by atoms with Crippen molar-refractivity contribution in [1.29, 1.82) is 0 Å². The Kier molecular flexibility index (Phi) is 5.57. The van der Waals surface area contributed by atoms with Gasteiger partial charge < -0.3 is 15.8 Å². The summed E-state index contributed by atoms with van der Waals surface area (Å²) in [6, 6.07) is 5.69. The first kappa shape index (κ1) is 16.5. The van der Waals surface area contributed by atoms with Crippen LogP contribution in [-0.2, 0) is 10.2 Å². The van der Waals surface area contributed by atoms with Gasteiger partial charge in [0.15, 0.2) is 0 Å². The summed E-state index contributed by atoms with van der Waals surface area (Å²) in [7, 11) is 0. The highest BCUT2D eigenvalue weighted by molar-refractivity contribution is 5.80. The van der Waals surface area contributed by atoms with Crippen molar-refractivity contribution in [1.82, 2.24) is 5.32 Å². The predicted molar refractivity (Wildman–Crippen MR) is 82.0 cm³/mol. The number of likely N-dealkylation sites (N-methyl/N-ethyl adjacent to an activating group) is 1. The maximum Gasteiger partial charge on any atom is 0.238 e. The minimum atomic E-state index is -0.457. The molecule has 0 aliphatic heterocycles. The average molecular weight is 278 g/mol. The lowest BCUT2D eigenvalue weighted by Crippen LogP contribution is -2.45. The molecule has 1 aromatic carbocycles. The van der Waals surface area contributed by atoms with Crippen LogP contribution < -0.4 is 15.8 Å². The number of benzene rings is 1. The number of nitrogens with two attached hydrogens (primary N) is 1. The Morgan fingerprint density at radius 2 is 2.05 bits per heavy atom. The second kappa shape index (κ2) is 6.75. The topological polar surface area (TPSA) is 64.3 Å². The summed E-state index contributed by atoms with van der Waals surface area (Å²) < 4.78 is 5.72. The molecular weight excluding hydrogens is 252 g/mol. The monoisotopic (exact) mass is 278 g/mol. The van der Waals surface area contributed by atoms with Crippen molar-refractivity contribution < 1.29 is 9.53 Å². The van der Waals surface area contributed by atoms with Gasteiger partial charge >= 0.3 is 0 Å². The zero-order valence-electron chi connectivity index (χ0n) is 13.1. The molecule has 0 fully saturated rings. The van der Waals surface area contributed by atoms with E-state index in [1.807, 2.05) is 19.9 Å². The summed E-state index contributed by atoms with van der Waals surface area (Å²) >= 11 is 0. The van der Waals surface area contributed by atoms with Crippen molar-refractivity contribution in [3.63, 3.8) is 0 Å². The molecule has 0 saturated heterocycles. The number of amides is 1. The Morgan fingerprint density at radius 1 is 1.40 bits per heavy atom. The fraction of sp³-hybridized carbons (Fsp3) is 0.562. The van der Waals surface area contributed by atoms with E-state index in [4.69, 9.17) is 10.5 Å². The van der Waals surface area contributed by atoms with Crippen LogP contribution in [0, 0.1) is 6.92 Å². The molecule has 1 aromatic rings. The molecule has 20 heavy (non-hydrogen) atoms. The van der Waals surface area contributed by atoms with Gasteiger partial charge in [-0.05, 0) is 36.1 Å². The summed E-state index contributed by atoms with van der Waals surface area (Å²) in [4.78, 5) is 11.3. The fourth-order valence-corrected chi connectivity index (χ4v) is 1.94. The standard InChI is InChI=1S/C16H26N2O2/c1-6-18-13(15(17)19)10-20-14-8-7-12(9-11(14)2)16(3,4)5/h7-9,13,18H,6,10H2,1-5H3,(H2,17,19). The third-order valence-electron chi connectivity index (χ3n) is 3.24. The number of primary amides is 1. The van der Waals surface area contributed by atoms with E-state index in [2.05, 4.69) is 38.2 Å². The summed E-state index contributed by atoms with van der Waals surface area (Å²) in [5.74, 6) is 0.401. The van der Waals surface area contributed by atoms with Gasteiger partial charge in [-0.25, -0.2) is 0 Å². The molecule has 0 aliphatic rings. The Labute approximate surface area is 121 Å². The second-order valence-corrected chi connectivity index (χ2v) is 6.05. The first-order valence-electron chi connectivity index (χ1n) is 7.02. The van der Waals surface area contributed by atoms with Crippen molar-refractivity contribution in [2.75, 3.05) is 13.2 Å². The molecule has 0 aliphatic carbocycles. The number of rotatable bonds is 6. The van der Waals surface area contributed by atoms with E-state index in [0.29, 0.717) is 6.54 Å². The molecule has 1 rings (SSSR count). The molecule has 1 atom stereocenters. The van der Waals surface area contributed by atoms with Gasteiger partial charge in [-0.15, -0.1) is 0 Å². The van der Waals surface area contributed by atoms with Gasteiger partial charge in [0.05, 0.1) is 0 Å². The zero-order valence-corrected chi connectivity index (χ0v) is 13.1. The third-order valence-corrected chi connectivity index (χ3v) is 3.24. The van der Waals surface area contributed by atoms with Crippen LogP contribution in [0.2, 0.25) is 0 Å². The van der Waals surface area contributed by atoms with Gasteiger partial charge in [-0.3, -0.25) is 4.79 Å². The lowest BCUT2D eigenvalue weighted by atomic mass is 9.86. The van der Waals surface area contributed by atoms with Crippen molar-refractivity contribution in [2.45, 2.75) is 46.1 Å². The van der Waals surface area contributed by atoms with Crippen LogP contribution in [0.1, 0.15) is 38.8 Å². The molecule has 0 radical (unpaired) electrons. The lowest BCUT2D eigenvalue weighted by molar-refractivity contribution is -0.120. The zero-order chi connectivity index (χ0) is 15.3. The minimum absolute atomic E-state index is 0.114.